The first kappa shape index (κ1) is 13.3. The van der Waals surface area contributed by atoms with Crippen LogP contribution in [0.25, 0.3) is 0 Å². The Morgan fingerprint density at radius 3 is 2.94 bits per heavy atom. The van der Waals surface area contributed by atoms with Crippen LogP contribution in [0, 0.1) is 5.92 Å². The fourth-order valence-electron chi connectivity index (χ4n) is 1.18. The van der Waals surface area contributed by atoms with Gasteiger partial charge in [0.25, 0.3) is 0 Å². The lowest BCUT2D eigenvalue weighted by molar-refractivity contribution is -0.144. The highest BCUT2D eigenvalue weighted by molar-refractivity contribution is 9.10. The van der Waals surface area contributed by atoms with Crippen LogP contribution in [0.5, 0.6) is 0 Å². The number of rotatable bonds is 4. The molecule has 0 radical (unpaired) electrons. The summed E-state index contributed by atoms with van der Waals surface area (Å²) in [5.41, 5.74) is 0.864. The maximum absolute atomic E-state index is 11.2. The van der Waals surface area contributed by atoms with E-state index < -0.39 is 0 Å². The van der Waals surface area contributed by atoms with Crippen molar-refractivity contribution in [2.75, 3.05) is 19.0 Å². The molecule has 0 aliphatic rings. The Kier molecular flexibility index (Phi) is 5.09. The summed E-state index contributed by atoms with van der Waals surface area (Å²) in [7, 11) is 1.38. The summed E-state index contributed by atoms with van der Waals surface area (Å²) in [5, 5.41) is 3.79. The van der Waals surface area contributed by atoms with Crippen LogP contribution in [0.3, 0.4) is 0 Å². The van der Waals surface area contributed by atoms with Gasteiger partial charge in [0.1, 0.15) is 0 Å². The quantitative estimate of drug-likeness (QED) is 0.867. The van der Waals surface area contributed by atoms with Crippen LogP contribution in [0.1, 0.15) is 6.92 Å². The zero-order valence-corrected chi connectivity index (χ0v) is 11.4. The smallest absolute Gasteiger partial charge is 0.310 e. The fraction of sp³-hybridized carbons (Fsp3) is 0.364. The molecule has 0 fully saturated rings. The number of carbonyl (C=O) groups excluding carboxylic acids is 1. The molecule has 0 heterocycles. The summed E-state index contributed by atoms with van der Waals surface area (Å²) in [6.07, 6.45) is 0. The largest absolute Gasteiger partial charge is 0.469 e. The lowest BCUT2D eigenvalue weighted by Crippen LogP contribution is -2.21. The predicted octanol–water partition coefficient (Wildman–Crippen LogP) is 3.32. The molecule has 0 aliphatic heterocycles. The van der Waals surface area contributed by atoms with Crippen LogP contribution in [-0.2, 0) is 9.53 Å². The molecule has 0 aromatic heterocycles. The van der Waals surface area contributed by atoms with Crippen molar-refractivity contribution < 1.29 is 9.53 Å². The molecular weight excluding hydrogens is 293 g/mol. The molecule has 0 bridgehead atoms. The van der Waals surface area contributed by atoms with Crippen LogP contribution in [0.4, 0.5) is 5.69 Å². The molecule has 1 unspecified atom stereocenters. The number of carbonyl (C=O) groups is 1. The van der Waals surface area contributed by atoms with Crippen LogP contribution in [0.15, 0.2) is 22.7 Å². The second-order valence-corrected chi connectivity index (χ2v) is 4.72. The van der Waals surface area contributed by atoms with E-state index in [0.717, 1.165) is 10.2 Å². The van der Waals surface area contributed by atoms with Crippen molar-refractivity contribution in [1.82, 2.24) is 0 Å². The second-order valence-electron chi connectivity index (χ2n) is 3.43. The van der Waals surface area contributed by atoms with Gasteiger partial charge in [0.05, 0.1) is 13.0 Å². The van der Waals surface area contributed by atoms with E-state index in [2.05, 4.69) is 26.0 Å². The van der Waals surface area contributed by atoms with Gasteiger partial charge in [-0.05, 0) is 34.1 Å². The Labute approximate surface area is 108 Å². The number of esters is 1. The molecule has 0 amide bonds. The topological polar surface area (TPSA) is 38.3 Å². The molecule has 0 saturated heterocycles. The summed E-state index contributed by atoms with van der Waals surface area (Å²) in [6, 6.07) is 5.45. The Balaban J connectivity index is 2.60. The molecule has 1 aromatic rings. The van der Waals surface area contributed by atoms with Crippen molar-refractivity contribution in [1.29, 1.82) is 0 Å². The number of anilines is 1. The molecule has 1 aromatic carbocycles. The highest BCUT2D eigenvalue weighted by Gasteiger charge is 2.13. The third-order valence-corrected chi connectivity index (χ3v) is 3.06. The van der Waals surface area contributed by atoms with Gasteiger partial charge in [-0.25, -0.2) is 0 Å². The van der Waals surface area contributed by atoms with Gasteiger partial charge in [-0.1, -0.05) is 18.5 Å². The van der Waals surface area contributed by atoms with E-state index in [1.54, 1.807) is 19.1 Å². The van der Waals surface area contributed by atoms with Gasteiger partial charge in [0, 0.05) is 21.7 Å². The van der Waals surface area contributed by atoms with Gasteiger partial charge >= 0.3 is 5.97 Å². The molecular formula is C11H13BrClNO2. The van der Waals surface area contributed by atoms with Crippen molar-refractivity contribution in [2.24, 2.45) is 5.92 Å². The molecule has 3 nitrogen and oxygen atoms in total. The van der Waals surface area contributed by atoms with Gasteiger partial charge in [-0.3, -0.25) is 4.79 Å². The highest BCUT2D eigenvalue weighted by Crippen LogP contribution is 2.26. The van der Waals surface area contributed by atoms with Gasteiger partial charge in [0.15, 0.2) is 0 Å². The third kappa shape index (κ3) is 3.68. The van der Waals surface area contributed by atoms with Crippen molar-refractivity contribution in [3.8, 4) is 0 Å². The minimum Gasteiger partial charge on any atom is -0.469 e. The van der Waals surface area contributed by atoms with E-state index in [-0.39, 0.29) is 11.9 Å². The zero-order chi connectivity index (χ0) is 12.1. The second kappa shape index (κ2) is 6.11. The lowest BCUT2D eigenvalue weighted by atomic mass is 10.2. The van der Waals surface area contributed by atoms with Gasteiger partial charge in [-0.15, -0.1) is 0 Å². The minimum absolute atomic E-state index is 0.198. The number of ether oxygens (including phenoxy) is 1. The number of benzene rings is 1. The summed E-state index contributed by atoms with van der Waals surface area (Å²) in [6.45, 7) is 2.31. The van der Waals surface area contributed by atoms with Crippen molar-refractivity contribution in [3.63, 3.8) is 0 Å². The Morgan fingerprint density at radius 2 is 2.31 bits per heavy atom. The minimum atomic E-state index is -0.231. The zero-order valence-electron chi connectivity index (χ0n) is 9.09. The van der Waals surface area contributed by atoms with Gasteiger partial charge in [0.2, 0.25) is 0 Å². The molecule has 0 spiro atoms. The number of hydrogen-bond donors (Lipinski definition) is 1. The van der Waals surface area contributed by atoms with E-state index in [0.29, 0.717) is 11.6 Å². The van der Waals surface area contributed by atoms with E-state index in [1.165, 1.54) is 7.11 Å². The SMILES string of the molecule is COC(=O)C(C)CNc1cc(Cl)ccc1Br. The molecule has 1 rings (SSSR count). The van der Waals surface area contributed by atoms with E-state index >= 15 is 0 Å². The molecule has 1 N–H and O–H groups in total. The maximum atomic E-state index is 11.2. The number of halogens is 2. The first-order valence-electron chi connectivity index (χ1n) is 4.81. The van der Waals surface area contributed by atoms with Crippen molar-refractivity contribution >= 4 is 39.2 Å². The standard InChI is InChI=1S/C11H13BrClNO2/c1-7(11(15)16-2)6-14-10-5-8(13)3-4-9(10)12/h3-5,7,14H,6H2,1-2H3. The van der Waals surface area contributed by atoms with Gasteiger partial charge < -0.3 is 10.1 Å². The first-order chi connectivity index (χ1) is 7.54. The average molecular weight is 307 g/mol. The summed E-state index contributed by atoms with van der Waals surface area (Å²) < 4.78 is 5.55. The number of hydrogen-bond acceptors (Lipinski definition) is 3. The molecule has 0 aliphatic carbocycles. The number of nitrogens with one attached hydrogen (secondary N) is 1. The van der Waals surface area contributed by atoms with E-state index in [1.807, 2.05) is 6.07 Å². The van der Waals surface area contributed by atoms with Crippen LogP contribution >= 0.6 is 27.5 Å². The fourth-order valence-corrected chi connectivity index (χ4v) is 1.74. The Hall–Kier alpha value is -0.740. The molecule has 88 valence electrons. The van der Waals surface area contributed by atoms with Crippen LogP contribution < -0.4 is 5.32 Å². The van der Waals surface area contributed by atoms with Crippen molar-refractivity contribution in [2.45, 2.75) is 6.92 Å². The van der Waals surface area contributed by atoms with Crippen molar-refractivity contribution in [3.05, 3.63) is 27.7 Å². The molecule has 1 atom stereocenters. The molecule has 0 saturated carbocycles. The Morgan fingerprint density at radius 1 is 1.62 bits per heavy atom. The molecule has 5 heteroatoms. The number of methoxy groups -OCH3 is 1. The van der Waals surface area contributed by atoms with Crippen LogP contribution in [0.2, 0.25) is 5.02 Å². The van der Waals surface area contributed by atoms with E-state index in [9.17, 15) is 4.79 Å². The molecule has 16 heavy (non-hydrogen) atoms. The normalized spacial score (nSPS) is 12.0. The van der Waals surface area contributed by atoms with Crippen LogP contribution in [-0.4, -0.2) is 19.6 Å². The average Bonchev–Trinajstić information content (AvgIpc) is 2.28. The highest BCUT2D eigenvalue weighted by atomic mass is 79.9. The van der Waals surface area contributed by atoms with Gasteiger partial charge in [-0.2, -0.15) is 0 Å². The summed E-state index contributed by atoms with van der Waals surface area (Å²) in [5.74, 6) is -0.429. The third-order valence-electron chi connectivity index (χ3n) is 2.13. The van der Waals surface area contributed by atoms with E-state index in [4.69, 9.17) is 11.6 Å². The predicted molar refractivity (Wildman–Crippen MR) is 68.8 cm³/mol. The summed E-state index contributed by atoms with van der Waals surface area (Å²) >= 11 is 9.27. The monoisotopic (exact) mass is 305 g/mol. The lowest BCUT2D eigenvalue weighted by Gasteiger charge is -2.12. The Bertz CT molecular complexity index is 384. The maximum Gasteiger partial charge on any atom is 0.310 e. The summed E-state index contributed by atoms with van der Waals surface area (Å²) in [4.78, 5) is 11.2. The first-order valence-corrected chi connectivity index (χ1v) is 5.98.